The Hall–Kier alpha value is -3.53. The molecular formula is C22H22N4O5S. The van der Waals surface area contributed by atoms with Crippen LogP contribution in [0.5, 0.6) is 0 Å². The molecule has 0 saturated heterocycles. The number of nitrogens with one attached hydrogen (secondary N) is 2. The van der Waals surface area contributed by atoms with Gasteiger partial charge in [-0.2, -0.15) is 0 Å². The van der Waals surface area contributed by atoms with Gasteiger partial charge in [-0.15, -0.1) is 11.3 Å². The molecule has 10 heteroatoms. The predicted octanol–water partition coefficient (Wildman–Crippen LogP) is 2.86. The highest BCUT2D eigenvalue weighted by atomic mass is 32.1. The van der Waals surface area contributed by atoms with Gasteiger partial charge in [0.2, 0.25) is 5.91 Å². The van der Waals surface area contributed by atoms with Gasteiger partial charge in [0, 0.05) is 31.3 Å². The molecule has 2 amide bonds. The highest BCUT2D eigenvalue weighted by Gasteiger charge is 2.26. The third kappa shape index (κ3) is 4.13. The van der Waals surface area contributed by atoms with Crippen LogP contribution in [-0.2, 0) is 27.3 Å². The van der Waals surface area contributed by atoms with Crippen molar-refractivity contribution in [3.8, 4) is 0 Å². The first kappa shape index (κ1) is 21.7. The van der Waals surface area contributed by atoms with Gasteiger partial charge in [-0.05, 0) is 50.1 Å². The van der Waals surface area contributed by atoms with Gasteiger partial charge in [0.05, 0.1) is 5.39 Å². The summed E-state index contributed by atoms with van der Waals surface area (Å²) in [5, 5.41) is 5.74. The summed E-state index contributed by atoms with van der Waals surface area (Å²) in [6, 6.07) is 6.56. The molecule has 0 radical (unpaired) electrons. The lowest BCUT2D eigenvalue weighted by molar-refractivity contribution is -0.123. The minimum absolute atomic E-state index is 0.135. The molecule has 1 aliphatic rings. The first-order valence-corrected chi connectivity index (χ1v) is 11.0. The normalized spacial score (nSPS) is 13.5. The molecule has 166 valence electrons. The smallest absolute Gasteiger partial charge is 0.349 e. The molecule has 32 heavy (non-hydrogen) atoms. The molecule has 1 aromatic carbocycles. The van der Waals surface area contributed by atoms with Gasteiger partial charge in [0.25, 0.3) is 11.5 Å². The number of hydrogen-bond donors (Lipinski definition) is 2. The van der Waals surface area contributed by atoms with Crippen molar-refractivity contribution in [1.29, 1.82) is 0 Å². The van der Waals surface area contributed by atoms with E-state index in [1.165, 1.54) is 13.8 Å². The number of anilines is 2. The predicted molar refractivity (Wildman–Crippen MR) is 121 cm³/mol. The number of nitrogens with zero attached hydrogens (tertiary/aromatic N) is 2. The van der Waals surface area contributed by atoms with Crippen LogP contribution >= 0.6 is 11.3 Å². The average molecular weight is 455 g/mol. The zero-order valence-corrected chi connectivity index (χ0v) is 18.7. The molecule has 3 aromatic rings. The van der Waals surface area contributed by atoms with Crippen LogP contribution in [0, 0.1) is 6.92 Å². The van der Waals surface area contributed by atoms with E-state index in [2.05, 4.69) is 15.6 Å². The van der Waals surface area contributed by atoms with Crippen molar-refractivity contribution in [3.05, 3.63) is 50.9 Å². The number of fused-ring (bicyclic) bond motifs is 2. The van der Waals surface area contributed by atoms with E-state index in [1.807, 2.05) is 0 Å². The van der Waals surface area contributed by atoms with Gasteiger partial charge in [0.1, 0.15) is 15.5 Å². The van der Waals surface area contributed by atoms with Crippen molar-refractivity contribution in [3.63, 3.8) is 0 Å². The van der Waals surface area contributed by atoms with E-state index < -0.39 is 18.0 Å². The van der Waals surface area contributed by atoms with Gasteiger partial charge in [-0.25, -0.2) is 9.78 Å². The number of aryl methyl sites for hydroxylation is 2. The lowest BCUT2D eigenvalue weighted by Gasteiger charge is -2.13. The third-order valence-corrected chi connectivity index (χ3v) is 6.39. The molecule has 1 aliphatic heterocycles. The third-order valence-electron chi connectivity index (χ3n) is 5.22. The number of carbonyl (C=O) groups is 3. The van der Waals surface area contributed by atoms with Gasteiger partial charge in [-0.3, -0.25) is 19.0 Å². The number of hydrogen-bond acceptors (Lipinski definition) is 7. The molecule has 0 saturated carbocycles. The van der Waals surface area contributed by atoms with E-state index in [-0.39, 0.29) is 16.3 Å². The molecule has 1 atom stereocenters. The second-order valence-electron chi connectivity index (χ2n) is 7.62. The van der Waals surface area contributed by atoms with E-state index >= 15 is 0 Å². The van der Waals surface area contributed by atoms with E-state index in [4.69, 9.17) is 4.74 Å². The molecule has 9 nitrogen and oxygen atoms in total. The Morgan fingerprint density at radius 1 is 1.16 bits per heavy atom. The van der Waals surface area contributed by atoms with Gasteiger partial charge < -0.3 is 15.4 Å². The topological polar surface area (TPSA) is 119 Å². The molecular weight excluding hydrogens is 432 g/mol. The Morgan fingerprint density at radius 2 is 1.81 bits per heavy atom. The summed E-state index contributed by atoms with van der Waals surface area (Å²) in [5.74, 6) is -0.623. The van der Waals surface area contributed by atoms with Crippen LogP contribution in [0.1, 0.15) is 41.3 Å². The number of ether oxygens (including phenoxy) is 1. The minimum atomic E-state index is -1.05. The number of amides is 2. The summed E-state index contributed by atoms with van der Waals surface area (Å²) in [5.41, 5.74) is 1.49. The monoisotopic (exact) mass is 454 g/mol. The van der Waals surface area contributed by atoms with Crippen molar-refractivity contribution in [2.45, 2.75) is 46.3 Å². The number of rotatable bonds is 5. The van der Waals surface area contributed by atoms with Crippen LogP contribution in [0.25, 0.3) is 10.2 Å². The van der Waals surface area contributed by atoms with Crippen molar-refractivity contribution in [1.82, 2.24) is 9.55 Å². The molecule has 1 unspecified atom stereocenters. The highest BCUT2D eigenvalue weighted by Crippen LogP contribution is 2.29. The maximum atomic E-state index is 12.8. The maximum absolute atomic E-state index is 12.8. The van der Waals surface area contributed by atoms with Crippen LogP contribution in [0.4, 0.5) is 11.4 Å². The van der Waals surface area contributed by atoms with Crippen LogP contribution in [-0.4, -0.2) is 33.4 Å². The van der Waals surface area contributed by atoms with E-state index in [0.29, 0.717) is 33.7 Å². The quantitative estimate of drug-likeness (QED) is 0.572. The molecule has 4 rings (SSSR count). The zero-order chi connectivity index (χ0) is 23.0. The molecule has 0 bridgehead atoms. The number of esters is 1. The first-order chi connectivity index (χ1) is 15.2. The van der Waals surface area contributed by atoms with Crippen LogP contribution in [0.2, 0.25) is 0 Å². The first-order valence-electron chi connectivity index (χ1n) is 10.2. The SMILES string of the molecule is CC(=O)Nc1ccc(NC(=O)C(C)OC(=O)c2sc3nc4n(c(=O)c3c2C)CCC4)cc1. The average Bonchev–Trinajstić information content (AvgIpc) is 3.34. The molecule has 0 aliphatic carbocycles. The number of carbonyl (C=O) groups excluding carboxylic acids is 3. The van der Waals surface area contributed by atoms with Crippen molar-refractivity contribution >= 4 is 50.7 Å². The molecule has 3 heterocycles. The number of benzene rings is 1. The second kappa shape index (κ2) is 8.54. The van der Waals surface area contributed by atoms with Crippen LogP contribution < -0.4 is 16.2 Å². The Morgan fingerprint density at radius 3 is 2.47 bits per heavy atom. The Kier molecular flexibility index (Phi) is 5.79. The fourth-order valence-corrected chi connectivity index (χ4v) is 4.70. The molecule has 2 N–H and O–H groups in total. The van der Waals surface area contributed by atoms with Gasteiger partial charge in [-0.1, -0.05) is 0 Å². The molecule has 2 aromatic heterocycles. The van der Waals surface area contributed by atoms with Crippen LogP contribution in [0.3, 0.4) is 0 Å². The summed E-state index contributed by atoms with van der Waals surface area (Å²) < 4.78 is 7.02. The lowest BCUT2D eigenvalue weighted by Crippen LogP contribution is -2.30. The maximum Gasteiger partial charge on any atom is 0.349 e. The van der Waals surface area contributed by atoms with Crippen LogP contribution in [0.15, 0.2) is 29.1 Å². The largest absolute Gasteiger partial charge is 0.448 e. The summed E-state index contributed by atoms with van der Waals surface area (Å²) in [7, 11) is 0. The minimum Gasteiger partial charge on any atom is -0.448 e. The fraction of sp³-hybridized carbons (Fsp3) is 0.318. The Balaban J connectivity index is 1.46. The Bertz CT molecular complexity index is 1290. The van der Waals surface area contributed by atoms with Gasteiger partial charge in [0.15, 0.2) is 6.10 Å². The van der Waals surface area contributed by atoms with E-state index in [1.54, 1.807) is 35.8 Å². The van der Waals surface area contributed by atoms with Crippen molar-refractivity contribution < 1.29 is 19.1 Å². The summed E-state index contributed by atoms with van der Waals surface area (Å²) in [6.45, 7) is 5.21. The standard InChI is InChI=1S/C22H22N4O5S/c1-11-17-20(25-16-5-4-10-26(16)21(17)29)32-18(11)22(30)31-12(2)19(28)24-15-8-6-14(7-9-15)23-13(3)27/h6-9,12H,4-5,10H2,1-3H3,(H,23,27)(H,24,28). The summed E-state index contributed by atoms with van der Waals surface area (Å²) in [6.07, 6.45) is 0.572. The fourth-order valence-electron chi connectivity index (χ4n) is 3.62. The van der Waals surface area contributed by atoms with Gasteiger partial charge >= 0.3 is 5.97 Å². The zero-order valence-electron chi connectivity index (χ0n) is 17.9. The Labute approximate surface area is 187 Å². The van der Waals surface area contributed by atoms with Crippen molar-refractivity contribution in [2.75, 3.05) is 10.6 Å². The molecule has 0 fully saturated rings. The second-order valence-corrected chi connectivity index (χ2v) is 8.62. The van der Waals surface area contributed by atoms with E-state index in [0.717, 1.165) is 30.0 Å². The molecule has 0 spiro atoms. The number of thiophene rings is 1. The van der Waals surface area contributed by atoms with E-state index in [9.17, 15) is 19.2 Å². The number of aromatic nitrogens is 2. The summed E-state index contributed by atoms with van der Waals surface area (Å²) >= 11 is 1.11. The van der Waals surface area contributed by atoms with Crippen molar-refractivity contribution in [2.24, 2.45) is 0 Å². The highest BCUT2D eigenvalue weighted by molar-refractivity contribution is 7.20. The lowest BCUT2D eigenvalue weighted by atomic mass is 10.2. The summed E-state index contributed by atoms with van der Waals surface area (Å²) in [4.78, 5) is 54.4.